The minimum absolute atomic E-state index is 1.04. The summed E-state index contributed by atoms with van der Waals surface area (Å²) in [5.74, 6) is 0. The van der Waals surface area contributed by atoms with Crippen molar-refractivity contribution in [3.05, 3.63) is 115 Å². The van der Waals surface area contributed by atoms with Crippen LogP contribution in [0.15, 0.2) is 115 Å². The van der Waals surface area contributed by atoms with E-state index >= 15 is 0 Å². The normalized spacial score (nSPS) is 11.3. The SMILES string of the molecule is c1ccc(-c2ccc(-c3ccc4c(ccc5ccccc54)c3)c3ncccc23)cc1. The van der Waals surface area contributed by atoms with Crippen molar-refractivity contribution in [1.29, 1.82) is 0 Å². The molecule has 1 heterocycles. The van der Waals surface area contributed by atoms with E-state index in [2.05, 4.69) is 103 Å². The van der Waals surface area contributed by atoms with Crippen LogP contribution in [0.5, 0.6) is 0 Å². The molecule has 0 saturated heterocycles. The van der Waals surface area contributed by atoms with Crippen LogP contribution in [0.1, 0.15) is 0 Å². The van der Waals surface area contributed by atoms with Crippen LogP contribution in [0.3, 0.4) is 0 Å². The van der Waals surface area contributed by atoms with E-state index in [1.165, 1.54) is 49.2 Å². The highest BCUT2D eigenvalue weighted by atomic mass is 14.7. The fourth-order valence-corrected chi connectivity index (χ4v) is 4.46. The number of hydrogen-bond acceptors (Lipinski definition) is 1. The Labute approximate surface area is 175 Å². The summed E-state index contributed by atoms with van der Waals surface area (Å²) in [5, 5.41) is 6.29. The third-order valence-electron chi connectivity index (χ3n) is 5.91. The van der Waals surface area contributed by atoms with Gasteiger partial charge in [-0.05, 0) is 50.4 Å². The predicted molar refractivity (Wildman–Crippen MR) is 128 cm³/mol. The zero-order valence-corrected chi connectivity index (χ0v) is 16.4. The zero-order chi connectivity index (χ0) is 19.9. The molecule has 0 atom stereocenters. The minimum Gasteiger partial charge on any atom is -0.256 e. The number of pyridine rings is 1. The van der Waals surface area contributed by atoms with E-state index in [-0.39, 0.29) is 0 Å². The van der Waals surface area contributed by atoms with E-state index in [9.17, 15) is 0 Å². The number of fused-ring (bicyclic) bond motifs is 4. The molecule has 1 aromatic heterocycles. The first kappa shape index (κ1) is 16.9. The first-order valence-corrected chi connectivity index (χ1v) is 10.2. The lowest BCUT2D eigenvalue weighted by Gasteiger charge is -2.12. The van der Waals surface area contributed by atoms with Gasteiger partial charge in [-0.15, -0.1) is 0 Å². The Morgan fingerprint density at radius 2 is 1.17 bits per heavy atom. The molecule has 0 spiro atoms. The topological polar surface area (TPSA) is 12.9 Å². The van der Waals surface area contributed by atoms with Gasteiger partial charge in [0.2, 0.25) is 0 Å². The summed E-state index contributed by atoms with van der Waals surface area (Å²) in [6.45, 7) is 0. The number of nitrogens with zero attached hydrogens (tertiary/aromatic N) is 1. The first-order valence-electron chi connectivity index (χ1n) is 10.2. The van der Waals surface area contributed by atoms with Crippen LogP contribution in [0.2, 0.25) is 0 Å². The Balaban J connectivity index is 1.58. The summed E-state index contributed by atoms with van der Waals surface area (Å²) in [4.78, 5) is 4.77. The second kappa shape index (κ2) is 6.82. The van der Waals surface area contributed by atoms with Crippen LogP contribution in [-0.4, -0.2) is 4.98 Å². The maximum absolute atomic E-state index is 4.77. The van der Waals surface area contributed by atoms with Gasteiger partial charge in [0.25, 0.3) is 0 Å². The van der Waals surface area contributed by atoms with E-state index in [0.29, 0.717) is 0 Å². The van der Waals surface area contributed by atoms with Gasteiger partial charge in [-0.1, -0.05) is 97.1 Å². The molecule has 5 aromatic carbocycles. The van der Waals surface area contributed by atoms with Crippen molar-refractivity contribution in [2.75, 3.05) is 0 Å². The molecule has 1 heteroatoms. The van der Waals surface area contributed by atoms with Gasteiger partial charge in [0.1, 0.15) is 0 Å². The number of benzene rings is 5. The molecule has 140 valence electrons. The molecule has 0 amide bonds. The molecular formula is C29H19N. The third-order valence-corrected chi connectivity index (χ3v) is 5.91. The highest BCUT2D eigenvalue weighted by Gasteiger charge is 2.11. The smallest absolute Gasteiger partial charge is 0.0786 e. The zero-order valence-electron chi connectivity index (χ0n) is 16.4. The van der Waals surface area contributed by atoms with Crippen LogP contribution >= 0.6 is 0 Å². The average molecular weight is 381 g/mol. The fourth-order valence-electron chi connectivity index (χ4n) is 4.46. The summed E-state index contributed by atoms with van der Waals surface area (Å²) < 4.78 is 0. The first-order chi connectivity index (χ1) is 14.9. The van der Waals surface area contributed by atoms with Crippen LogP contribution < -0.4 is 0 Å². The van der Waals surface area contributed by atoms with Crippen molar-refractivity contribution in [1.82, 2.24) is 4.98 Å². The Bertz CT molecular complexity index is 1530. The Morgan fingerprint density at radius 3 is 2.10 bits per heavy atom. The lowest BCUT2D eigenvalue weighted by molar-refractivity contribution is 1.41. The van der Waals surface area contributed by atoms with Gasteiger partial charge in [0.05, 0.1) is 5.52 Å². The minimum atomic E-state index is 1.04. The molecule has 6 rings (SSSR count). The van der Waals surface area contributed by atoms with E-state index in [1.807, 2.05) is 12.3 Å². The Kier molecular flexibility index (Phi) is 3.85. The van der Waals surface area contributed by atoms with Crippen LogP contribution in [-0.2, 0) is 0 Å². The fraction of sp³-hybridized carbons (Fsp3) is 0. The largest absolute Gasteiger partial charge is 0.256 e. The summed E-state index contributed by atoms with van der Waals surface area (Å²) in [5.41, 5.74) is 5.83. The molecule has 0 aliphatic rings. The molecule has 0 N–H and O–H groups in total. The van der Waals surface area contributed by atoms with Gasteiger partial charge in [0.15, 0.2) is 0 Å². The summed E-state index contributed by atoms with van der Waals surface area (Å²) >= 11 is 0. The number of aromatic nitrogens is 1. The molecule has 1 nitrogen and oxygen atoms in total. The lowest BCUT2D eigenvalue weighted by Crippen LogP contribution is -1.89. The van der Waals surface area contributed by atoms with Crippen molar-refractivity contribution < 1.29 is 0 Å². The van der Waals surface area contributed by atoms with Crippen LogP contribution in [0, 0.1) is 0 Å². The molecule has 0 bridgehead atoms. The predicted octanol–water partition coefficient (Wildman–Crippen LogP) is 7.88. The number of rotatable bonds is 2. The molecule has 0 fully saturated rings. The molecule has 0 aliphatic heterocycles. The Morgan fingerprint density at radius 1 is 0.433 bits per heavy atom. The van der Waals surface area contributed by atoms with Gasteiger partial charge in [-0.3, -0.25) is 4.98 Å². The summed E-state index contributed by atoms with van der Waals surface area (Å²) in [6.07, 6.45) is 1.88. The monoisotopic (exact) mass is 381 g/mol. The van der Waals surface area contributed by atoms with Gasteiger partial charge < -0.3 is 0 Å². The van der Waals surface area contributed by atoms with Crippen molar-refractivity contribution in [3.63, 3.8) is 0 Å². The van der Waals surface area contributed by atoms with E-state index in [1.54, 1.807) is 0 Å². The van der Waals surface area contributed by atoms with Crippen molar-refractivity contribution in [2.24, 2.45) is 0 Å². The Hall–Kier alpha value is -3.97. The summed E-state index contributed by atoms with van der Waals surface area (Å²) in [6, 6.07) is 38.9. The lowest BCUT2D eigenvalue weighted by atomic mass is 9.93. The molecule has 0 aliphatic carbocycles. The van der Waals surface area contributed by atoms with Gasteiger partial charge in [-0.2, -0.15) is 0 Å². The quantitative estimate of drug-likeness (QED) is 0.278. The highest BCUT2D eigenvalue weighted by Crippen LogP contribution is 2.36. The van der Waals surface area contributed by atoms with Gasteiger partial charge in [-0.25, -0.2) is 0 Å². The van der Waals surface area contributed by atoms with E-state index in [4.69, 9.17) is 4.98 Å². The van der Waals surface area contributed by atoms with Crippen LogP contribution in [0.25, 0.3) is 54.7 Å². The molecule has 6 aromatic rings. The van der Waals surface area contributed by atoms with Gasteiger partial charge in [0, 0.05) is 17.1 Å². The van der Waals surface area contributed by atoms with Crippen LogP contribution in [0.4, 0.5) is 0 Å². The molecule has 0 unspecified atom stereocenters. The van der Waals surface area contributed by atoms with Crippen molar-refractivity contribution >= 4 is 32.4 Å². The molecule has 0 saturated carbocycles. The average Bonchev–Trinajstić information content (AvgIpc) is 2.83. The molecule has 30 heavy (non-hydrogen) atoms. The second-order valence-corrected chi connectivity index (χ2v) is 7.65. The highest BCUT2D eigenvalue weighted by molar-refractivity contribution is 6.09. The van der Waals surface area contributed by atoms with E-state index in [0.717, 1.165) is 5.52 Å². The van der Waals surface area contributed by atoms with Crippen molar-refractivity contribution in [3.8, 4) is 22.3 Å². The molecule has 0 radical (unpaired) electrons. The second-order valence-electron chi connectivity index (χ2n) is 7.65. The van der Waals surface area contributed by atoms with Crippen molar-refractivity contribution in [2.45, 2.75) is 0 Å². The van der Waals surface area contributed by atoms with E-state index < -0.39 is 0 Å². The van der Waals surface area contributed by atoms with Gasteiger partial charge >= 0.3 is 0 Å². The third kappa shape index (κ3) is 2.67. The molecular weight excluding hydrogens is 362 g/mol. The standard InChI is InChI=1S/C29H19N/c1-2-7-20(8-3-1)25-16-17-27(29-28(25)11-6-18-30-29)23-14-15-26-22(19-23)13-12-21-9-4-5-10-24(21)26/h1-19H. The maximum Gasteiger partial charge on any atom is 0.0786 e. The summed E-state index contributed by atoms with van der Waals surface area (Å²) in [7, 11) is 0. The number of hydrogen-bond donors (Lipinski definition) is 0. The maximum atomic E-state index is 4.77.